The topological polar surface area (TPSA) is 94.7 Å². The molecule has 0 amide bonds. The van der Waals surface area contributed by atoms with E-state index in [0.29, 0.717) is 18.0 Å². The first-order valence-electron chi connectivity index (χ1n) is 5.51. The molecule has 0 aliphatic rings. The second kappa shape index (κ2) is 5.83. The molecule has 0 bridgehead atoms. The van der Waals surface area contributed by atoms with Gasteiger partial charge in [-0.05, 0) is 23.8 Å². The third-order valence-corrected chi connectivity index (χ3v) is 2.29. The van der Waals surface area contributed by atoms with Crippen LogP contribution in [0.15, 0.2) is 42.6 Å². The summed E-state index contributed by atoms with van der Waals surface area (Å²) >= 11 is 0. The molecule has 98 valence electrons. The van der Waals surface area contributed by atoms with E-state index in [-0.39, 0.29) is 5.88 Å². The number of hydrogen-bond donors (Lipinski definition) is 2. The van der Waals surface area contributed by atoms with E-state index >= 15 is 0 Å². The highest BCUT2D eigenvalue weighted by atomic mass is 16.7. The average Bonchev–Trinajstić information content (AvgIpc) is 2.39. The van der Waals surface area contributed by atoms with Crippen LogP contribution in [0.5, 0.6) is 17.4 Å². The first-order chi connectivity index (χ1) is 9.17. The Balaban J connectivity index is 2.11. The Hall–Kier alpha value is -2.60. The summed E-state index contributed by atoms with van der Waals surface area (Å²) in [6.45, 7) is 0.464. The largest absolute Gasteiger partial charge is 0.512 e. The molecule has 1 aromatic carbocycles. The zero-order valence-corrected chi connectivity index (χ0v) is 9.95. The van der Waals surface area contributed by atoms with E-state index in [0.717, 1.165) is 5.56 Å². The van der Waals surface area contributed by atoms with Gasteiger partial charge in [0.1, 0.15) is 11.5 Å². The van der Waals surface area contributed by atoms with Gasteiger partial charge in [0.2, 0.25) is 5.88 Å². The number of ether oxygens (including phenoxy) is 2. The Bertz CT molecular complexity index is 569. The number of nitrogens with two attached hydrogens (primary N) is 1. The van der Waals surface area contributed by atoms with Crippen LogP contribution in [0, 0.1) is 0 Å². The highest BCUT2D eigenvalue weighted by Gasteiger charge is 2.04. The smallest absolute Gasteiger partial charge is 0.457 e. The lowest BCUT2D eigenvalue weighted by Gasteiger charge is -2.07. The van der Waals surface area contributed by atoms with Crippen molar-refractivity contribution in [3.05, 3.63) is 48.2 Å². The number of hydrogen-bond acceptors (Lipinski definition) is 5. The molecule has 0 atom stereocenters. The highest BCUT2D eigenvalue weighted by molar-refractivity contribution is 5.60. The number of rotatable bonds is 4. The molecule has 6 nitrogen and oxygen atoms in total. The molecular formula is C13H12N2O4. The molecule has 0 aliphatic heterocycles. The van der Waals surface area contributed by atoms with E-state index < -0.39 is 6.16 Å². The maximum absolute atomic E-state index is 10.4. The van der Waals surface area contributed by atoms with Gasteiger partial charge in [-0.25, -0.2) is 9.78 Å². The summed E-state index contributed by atoms with van der Waals surface area (Å²) in [6, 6.07) is 10.3. The number of pyridine rings is 1. The summed E-state index contributed by atoms with van der Waals surface area (Å²) < 4.78 is 9.98. The SMILES string of the molecule is NCc1ccc(Oc2ccnc(OC(=O)O)c2)cc1. The van der Waals surface area contributed by atoms with Gasteiger partial charge in [-0.2, -0.15) is 0 Å². The molecule has 2 aromatic rings. The van der Waals surface area contributed by atoms with E-state index in [4.69, 9.17) is 15.6 Å². The minimum Gasteiger partial charge on any atom is -0.457 e. The van der Waals surface area contributed by atoms with Crippen LogP contribution in [0.2, 0.25) is 0 Å². The summed E-state index contributed by atoms with van der Waals surface area (Å²) in [6.07, 6.45) is -0.0149. The van der Waals surface area contributed by atoms with Crippen molar-refractivity contribution in [1.82, 2.24) is 4.98 Å². The Labute approximate surface area is 109 Å². The maximum atomic E-state index is 10.4. The summed E-state index contributed by atoms with van der Waals surface area (Å²) in [7, 11) is 0. The lowest BCUT2D eigenvalue weighted by atomic mass is 10.2. The van der Waals surface area contributed by atoms with E-state index in [2.05, 4.69) is 9.72 Å². The molecule has 0 radical (unpaired) electrons. The van der Waals surface area contributed by atoms with Crippen molar-refractivity contribution in [3.63, 3.8) is 0 Å². The summed E-state index contributed by atoms with van der Waals surface area (Å²) in [5.41, 5.74) is 6.49. The lowest BCUT2D eigenvalue weighted by Crippen LogP contribution is -2.04. The molecule has 1 heterocycles. The highest BCUT2D eigenvalue weighted by Crippen LogP contribution is 2.23. The van der Waals surface area contributed by atoms with E-state index in [9.17, 15) is 4.79 Å². The van der Waals surface area contributed by atoms with Crippen molar-refractivity contribution < 1.29 is 19.4 Å². The molecule has 19 heavy (non-hydrogen) atoms. The van der Waals surface area contributed by atoms with Gasteiger partial charge in [-0.15, -0.1) is 0 Å². The standard InChI is InChI=1S/C13H12N2O4/c14-8-9-1-3-10(4-2-9)18-11-5-6-15-12(7-11)19-13(16)17/h1-7H,8,14H2,(H,16,17). The van der Waals surface area contributed by atoms with E-state index in [1.54, 1.807) is 18.2 Å². The summed E-state index contributed by atoms with van der Waals surface area (Å²) in [4.78, 5) is 14.1. The van der Waals surface area contributed by atoms with Crippen molar-refractivity contribution in [2.45, 2.75) is 6.54 Å². The number of benzene rings is 1. The predicted octanol–water partition coefficient (Wildman–Crippen LogP) is 2.39. The Morgan fingerprint density at radius 3 is 2.58 bits per heavy atom. The maximum Gasteiger partial charge on any atom is 0.512 e. The number of carbonyl (C=O) groups is 1. The molecular weight excluding hydrogens is 248 g/mol. The fraction of sp³-hybridized carbons (Fsp3) is 0.0769. The second-order valence-corrected chi connectivity index (χ2v) is 3.65. The number of nitrogens with zero attached hydrogens (tertiary/aromatic N) is 1. The van der Waals surface area contributed by atoms with Crippen LogP contribution in [-0.2, 0) is 6.54 Å². The van der Waals surface area contributed by atoms with E-state index in [1.807, 2.05) is 12.1 Å². The molecule has 1 aromatic heterocycles. The first kappa shape index (κ1) is 12.8. The minimum absolute atomic E-state index is 0.0384. The molecule has 2 rings (SSSR count). The Morgan fingerprint density at radius 2 is 1.95 bits per heavy atom. The lowest BCUT2D eigenvalue weighted by molar-refractivity contribution is 0.142. The molecule has 0 saturated heterocycles. The number of aromatic nitrogens is 1. The van der Waals surface area contributed by atoms with Crippen LogP contribution in [0.4, 0.5) is 4.79 Å². The van der Waals surface area contributed by atoms with Gasteiger partial charge in [-0.1, -0.05) is 12.1 Å². The first-order valence-corrected chi connectivity index (χ1v) is 5.51. The van der Waals surface area contributed by atoms with Gasteiger partial charge < -0.3 is 20.3 Å². The van der Waals surface area contributed by atoms with Gasteiger partial charge in [0, 0.05) is 18.8 Å². The van der Waals surface area contributed by atoms with Crippen molar-refractivity contribution >= 4 is 6.16 Å². The molecule has 3 N–H and O–H groups in total. The molecule has 0 fully saturated rings. The van der Waals surface area contributed by atoms with Crippen LogP contribution in [-0.4, -0.2) is 16.2 Å². The fourth-order valence-electron chi connectivity index (χ4n) is 1.43. The Morgan fingerprint density at radius 1 is 1.21 bits per heavy atom. The minimum atomic E-state index is -1.42. The molecule has 0 saturated carbocycles. The van der Waals surface area contributed by atoms with Gasteiger partial charge in [0.15, 0.2) is 0 Å². The van der Waals surface area contributed by atoms with Gasteiger partial charge in [-0.3, -0.25) is 0 Å². The Kier molecular flexibility index (Phi) is 3.94. The van der Waals surface area contributed by atoms with Gasteiger partial charge >= 0.3 is 6.16 Å². The normalized spacial score (nSPS) is 9.95. The third kappa shape index (κ3) is 3.68. The summed E-state index contributed by atoms with van der Waals surface area (Å²) in [5.74, 6) is 1.01. The van der Waals surface area contributed by atoms with Crippen LogP contribution in [0.25, 0.3) is 0 Å². The van der Waals surface area contributed by atoms with Gasteiger partial charge in [0.25, 0.3) is 0 Å². The fourth-order valence-corrected chi connectivity index (χ4v) is 1.43. The van der Waals surface area contributed by atoms with Crippen molar-refractivity contribution in [2.24, 2.45) is 5.73 Å². The van der Waals surface area contributed by atoms with Crippen LogP contribution >= 0.6 is 0 Å². The summed E-state index contributed by atoms with van der Waals surface area (Å²) in [5, 5.41) is 8.49. The van der Waals surface area contributed by atoms with Crippen LogP contribution in [0.1, 0.15) is 5.56 Å². The quantitative estimate of drug-likeness (QED) is 0.819. The third-order valence-electron chi connectivity index (χ3n) is 2.29. The monoisotopic (exact) mass is 260 g/mol. The average molecular weight is 260 g/mol. The molecule has 6 heteroatoms. The predicted molar refractivity (Wildman–Crippen MR) is 67.3 cm³/mol. The second-order valence-electron chi connectivity index (χ2n) is 3.65. The van der Waals surface area contributed by atoms with Crippen molar-refractivity contribution in [2.75, 3.05) is 0 Å². The molecule has 0 spiro atoms. The number of carboxylic acid groups (broad SMARTS) is 1. The van der Waals surface area contributed by atoms with Crippen LogP contribution in [0.3, 0.4) is 0 Å². The zero-order valence-electron chi connectivity index (χ0n) is 9.95. The zero-order chi connectivity index (χ0) is 13.7. The van der Waals surface area contributed by atoms with E-state index in [1.165, 1.54) is 12.3 Å². The van der Waals surface area contributed by atoms with Crippen LogP contribution < -0.4 is 15.2 Å². The molecule has 0 unspecified atom stereocenters. The van der Waals surface area contributed by atoms with Crippen molar-refractivity contribution in [1.29, 1.82) is 0 Å². The van der Waals surface area contributed by atoms with Gasteiger partial charge in [0.05, 0.1) is 0 Å². The van der Waals surface area contributed by atoms with Crippen molar-refractivity contribution in [3.8, 4) is 17.4 Å². The molecule has 0 aliphatic carbocycles.